The molecule has 2 heterocycles. The van der Waals surface area contributed by atoms with Gasteiger partial charge in [0.15, 0.2) is 0 Å². The lowest BCUT2D eigenvalue weighted by Crippen LogP contribution is -2.34. The summed E-state index contributed by atoms with van der Waals surface area (Å²) in [5.41, 5.74) is 2.07. The standard InChI is InChI=1S/C21H23N3O2.ClH/c1-15-13-18(11-12-22-15)21-23-20(24-26-21)17-9-7-16(8-10-17)14-25-19-5-3-2-4-6-19;/h2-10,15,18,22H,11-14H2,1H3;1H/t15-,18-;/m0./s1. The molecule has 0 spiro atoms. The Morgan fingerprint density at radius 2 is 1.89 bits per heavy atom. The molecule has 3 aromatic rings. The zero-order valence-corrected chi connectivity index (χ0v) is 16.1. The van der Waals surface area contributed by atoms with Gasteiger partial charge in [0.05, 0.1) is 0 Å². The van der Waals surface area contributed by atoms with Crippen LogP contribution < -0.4 is 10.1 Å². The van der Waals surface area contributed by atoms with E-state index in [1.54, 1.807) is 0 Å². The van der Waals surface area contributed by atoms with E-state index in [4.69, 9.17) is 9.26 Å². The van der Waals surface area contributed by atoms with E-state index in [2.05, 4.69) is 22.4 Å². The Bertz CT molecular complexity index is 836. The monoisotopic (exact) mass is 385 g/mol. The van der Waals surface area contributed by atoms with Crippen molar-refractivity contribution in [2.75, 3.05) is 6.54 Å². The summed E-state index contributed by atoms with van der Waals surface area (Å²) < 4.78 is 11.3. The molecule has 1 N–H and O–H groups in total. The van der Waals surface area contributed by atoms with Gasteiger partial charge in [0.2, 0.25) is 11.7 Å². The van der Waals surface area contributed by atoms with Crippen LogP contribution in [-0.2, 0) is 6.61 Å². The lowest BCUT2D eigenvalue weighted by atomic mass is 9.93. The first kappa shape index (κ1) is 19.4. The molecule has 27 heavy (non-hydrogen) atoms. The fourth-order valence-electron chi connectivity index (χ4n) is 3.31. The molecule has 2 aromatic carbocycles. The van der Waals surface area contributed by atoms with E-state index in [-0.39, 0.29) is 12.4 Å². The largest absolute Gasteiger partial charge is 0.489 e. The van der Waals surface area contributed by atoms with Crippen molar-refractivity contribution >= 4 is 12.4 Å². The van der Waals surface area contributed by atoms with E-state index in [9.17, 15) is 0 Å². The van der Waals surface area contributed by atoms with Crippen LogP contribution in [0.15, 0.2) is 59.1 Å². The number of rotatable bonds is 5. The van der Waals surface area contributed by atoms with Gasteiger partial charge < -0.3 is 14.6 Å². The average Bonchev–Trinajstić information content (AvgIpc) is 3.18. The molecule has 1 aliphatic heterocycles. The number of benzene rings is 2. The molecule has 142 valence electrons. The van der Waals surface area contributed by atoms with Gasteiger partial charge in [-0.05, 0) is 44.0 Å². The lowest BCUT2D eigenvalue weighted by molar-refractivity contribution is 0.295. The minimum absolute atomic E-state index is 0. The Hall–Kier alpha value is -2.37. The summed E-state index contributed by atoms with van der Waals surface area (Å²) in [7, 11) is 0. The molecule has 0 saturated carbocycles. The van der Waals surface area contributed by atoms with E-state index >= 15 is 0 Å². The van der Waals surface area contributed by atoms with Crippen LogP contribution in [0.4, 0.5) is 0 Å². The number of hydrogen-bond donors (Lipinski definition) is 1. The van der Waals surface area contributed by atoms with Crippen LogP contribution in [0.25, 0.3) is 11.4 Å². The first-order valence-electron chi connectivity index (χ1n) is 9.12. The van der Waals surface area contributed by atoms with Gasteiger partial charge in [0, 0.05) is 17.5 Å². The van der Waals surface area contributed by atoms with Gasteiger partial charge in [0.1, 0.15) is 12.4 Å². The van der Waals surface area contributed by atoms with Gasteiger partial charge in [-0.2, -0.15) is 4.98 Å². The summed E-state index contributed by atoms with van der Waals surface area (Å²) in [6, 6.07) is 18.4. The maximum atomic E-state index is 5.78. The fourth-order valence-corrected chi connectivity index (χ4v) is 3.31. The highest BCUT2D eigenvalue weighted by atomic mass is 35.5. The molecule has 1 fully saturated rings. The number of aromatic nitrogens is 2. The van der Waals surface area contributed by atoms with E-state index < -0.39 is 0 Å². The summed E-state index contributed by atoms with van der Waals surface area (Å²) in [4.78, 5) is 4.63. The molecule has 4 rings (SSSR count). The zero-order valence-electron chi connectivity index (χ0n) is 15.3. The van der Waals surface area contributed by atoms with Gasteiger partial charge in [-0.15, -0.1) is 12.4 Å². The smallest absolute Gasteiger partial charge is 0.230 e. The first-order chi connectivity index (χ1) is 12.8. The van der Waals surface area contributed by atoms with Crippen LogP contribution >= 0.6 is 12.4 Å². The third-order valence-corrected chi connectivity index (χ3v) is 4.78. The summed E-state index contributed by atoms with van der Waals surface area (Å²) in [6.07, 6.45) is 2.08. The van der Waals surface area contributed by atoms with Gasteiger partial charge >= 0.3 is 0 Å². The Balaban J connectivity index is 0.00000210. The lowest BCUT2D eigenvalue weighted by Gasteiger charge is -2.25. The number of ether oxygens (including phenoxy) is 1. The van der Waals surface area contributed by atoms with Crippen molar-refractivity contribution in [2.45, 2.75) is 38.3 Å². The highest BCUT2D eigenvalue weighted by molar-refractivity contribution is 5.85. The van der Waals surface area contributed by atoms with E-state index in [1.807, 2.05) is 54.6 Å². The Morgan fingerprint density at radius 1 is 1.11 bits per heavy atom. The number of piperidine rings is 1. The molecular formula is C21H24ClN3O2. The minimum Gasteiger partial charge on any atom is -0.489 e. The van der Waals surface area contributed by atoms with Crippen molar-refractivity contribution in [3.05, 3.63) is 66.1 Å². The van der Waals surface area contributed by atoms with Crippen molar-refractivity contribution in [1.29, 1.82) is 0 Å². The van der Waals surface area contributed by atoms with Crippen LogP contribution in [0.2, 0.25) is 0 Å². The van der Waals surface area contributed by atoms with Gasteiger partial charge in [-0.25, -0.2) is 0 Å². The summed E-state index contributed by atoms with van der Waals surface area (Å²) in [6.45, 7) is 3.73. The SMILES string of the molecule is C[C@H]1C[C@@H](c2nc(-c3ccc(COc4ccccc4)cc3)no2)CCN1.Cl. The Labute approximate surface area is 165 Å². The molecule has 0 bridgehead atoms. The molecule has 0 unspecified atom stereocenters. The second-order valence-corrected chi connectivity index (χ2v) is 6.83. The van der Waals surface area contributed by atoms with Gasteiger partial charge in [-0.3, -0.25) is 0 Å². The van der Waals surface area contributed by atoms with Crippen LogP contribution in [0, 0.1) is 0 Å². The second-order valence-electron chi connectivity index (χ2n) is 6.83. The van der Waals surface area contributed by atoms with E-state index in [1.165, 1.54) is 0 Å². The van der Waals surface area contributed by atoms with Crippen LogP contribution in [0.3, 0.4) is 0 Å². The normalized spacial score (nSPS) is 19.3. The topological polar surface area (TPSA) is 60.2 Å². The Morgan fingerprint density at radius 3 is 2.63 bits per heavy atom. The number of hydrogen-bond acceptors (Lipinski definition) is 5. The molecule has 0 amide bonds. The summed E-state index contributed by atoms with van der Waals surface area (Å²) in [5.74, 6) is 2.63. The molecule has 1 aromatic heterocycles. The third kappa shape index (κ3) is 4.87. The highest BCUT2D eigenvalue weighted by Crippen LogP contribution is 2.28. The number of halogens is 1. The molecule has 6 heteroatoms. The van der Waals surface area contributed by atoms with Crippen LogP contribution in [0.5, 0.6) is 5.75 Å². The summed E-state index contributed by atoms with van der Waals surface area (Å²) >= 11 is 0. The molecule has 2 atom stereocenters. The molecule has 0 radical (unpaired) electrons. The van der Waals surface area contributed by atoms with Crippen molar-refractivity contribution in [2.24, 2.45) is 0 Å². The summed E-state index contributed by atoms with van der Waals surface area (Å²) in [5, 5.41) is 7.62. The molecule has 5 nitrogen and oxygen atoms in total. The second kappa shape index (κ2) is 9.02. The predicted octanol–water partition coefficient (Wildman–Crippen LogP) is 4.59. The molecule has 1 saturated heterocycles. The average molecular weight is 386 g/mol. The van der Waals surface area contributed by atoms with Gasteiger partial charge in [0.25, 0.3) is 0 Å². The highest BCUT2D eigenvalue weighted by Gasteiger charge is 2.25. The van der Waals surface area contributed by atoms with Crippen LogP contribution in [0.1, 0.15) is 37.1 Å². The predicted molar refractivity (Wildman–Crippen MR) is 107 cm³/mol. The zero-order chi connectivity index (χ0) is 17.8. The minimum atomic E-state index is 0. The van der Waals surface area contributed by atoms with E-state index in [0.717, 1.165) is 42.2 Å². The number of para-hydroxylation sites is 1. The van der Waals surface area contributed by atoms with Crippen molar-refractivity contribution in [1.82, 2.24) is 15.5 Å². The fraction of sp³-hybridized carbons (Fsp3) is 0.333. The van der Waals surface area contributed by atoms with Crippen LogP contribution in [-0.4, -0.2) is 22.7 Å². The maximum Gasteiger partial charge on any atom is 0.230 e. The Kier molecular flexibility index (Phi) is 6.48. The van der Waals surface area contributed by atoms with Gasteiger partial charge in [-0.1, -0.05) is 47.6 Å². The third-order valence-electron chi connectivity index (χ3n) is 4.78. The van der Waals surface area contributed by atoms with Crippen molar-refractivity contribution in [3.8, 4) is 17.1 Å². The van der Waals surface area contributed by atoms with Crippen molar-refractivity contribution < 1.29 is 9.26 Å². The number of nitrogens with one attached hydrogen (secondary N) is 1. The molecule has 0 aliphatic carbocycles. The molecule has 1 aliphatic rings. The van der Waals surface area contributed by atoms with E-state index in [0.29, 0.717) is 24.4 Å². The molecular weight excluding hydrogens is 362 g/mol. The number of nitrogens with zero attached hydrogens (tertiary/aromatic N) is 2. The first-order valence-corrected chi connectivity index (χ1v) is 9.12. The quantitative estimate of drug-likeness (QED) is 0.695. The van der Waals surface area contributed by atoms with Crippen molar-refractivity contribution in [3.63, 3.8) is 0 Å². The maximum absolute atomic E-state index is 5.78.